The van der Waals surface area contributed by atoms with Crippen LogP contribution in [0.15, 0.2) is 161 Å². The third-order valence-corrected chi connectivity index (χ3v) is 10.2. The second-order valence-electron chi connectivity index (χ2n) is 13.4. The number of benzene rings is 7. The van der Waals surface area contributed by atoms with Gasteiger partial charge in [-0.05, 0) is 58.0 Å². The molecule has 7 nitrogen and oxygen atoms in total. The van der Waals surface area contributed by atoms with E-state index < -0.39 is 0 Å². The van der Waals surface area contributed by atoms with E-state index in [2.05, 4.69) is 84.9 Å². The fraction of sp³-hybridized carbons (Fsp3) is 0.0435. The van der Waals surface area contributed by atoms with E-state index >= 15 is 0 Å². The lowest BCUT2D eigenvalue weighted by molar-refractivity contribution is 0.673. The zero-order chi connectivity index (χ0) is 35.6. The van der Waals surface area contributed by atoms with Crippen molar-refractivity contribution < 1.29 is 4.42 Å². The predicted molar refractivity (Wildman–Crippen MR) is 214 cm³/mol. The van der Waals surface area contributed by atoms with E-state index in [0.717, 1.165) is 82.7 Å². The maximum absolute atomic E-state index is 12.5. The van der Waals surface area contributed by atoms with Crippen molar-refractivity contribution in [1.29, 1.82) is 0 Å². The quantitative estimate of drug-likeness (QED) is 0.180. The molecule has 7 heteroatoms. The lowest BCUT2D eigenvalue weighted by Crippen LogP contribution is -2.19. The largest absolute Gasteiger partial charge is 0.455 e. The van der Waals surface area contributed by atoms with Gasteiger partial charge in [-0.15, -0.1) is 0 Å². The van der Waals surface area contributed by atoms with Gasteiger partial charge in [0.2, 0.25) is 0 Å². The van der Waals surface area contributed by atoms with Crippen molar-refractivity contribution in [3.63, 3.8) is 0 Å². The minimum absolute atomic E-state index is 0.0429. The van der Waals surface area contributed by atoms with Crippen LogP contribution in [0.5, 0.6) is 0 Å². The van der Waals surface area contributed by atoms with Gasteiger partial charge in [-0.1, -0.05) is 121 Å². The van der Waals surface area contributed by atoms with Crippen LogP contribution in [0.3, 0.4) is 0 Å². The van der Waals surface area contributed by atoms with Crippen LogP contribution in [-0.2, 0) is 14.1 Å². The lowest BCUT2D eigenvalue weighted by atomic mass is 9.97. The van der Waals surface area contributed by atoms with Gasteiger partial charge in [0, 0.05) is 46.9 Å². The van der Waals surface area contributed by atoms with Gasteiger partial charge in [-0.2, -0.15) is 0 Å². The van der Waals surface area contributed by atoms with Gasteiger partial charge >= 0.3 is 5.69 Å². The predicted octanol–water partition coefficient (Wildman–Crippen LogP) is 10.4. The molecule has 0 saturated carbocycles. The molecule has 7 aromatic carbocycles. The number of nitrogens with zero attached hydrogens (tertiary/aromatic N) is 5. The summed E-state index contributed by atoms with van der Waals surface area (Å²) in [7, 11) is 3.60. The van der Waals surface area contributed by atoms with Crippen LogP contribution in [0.1, 0.15) is 0 Å². The zero-order valence-electron chi connectivity index (χ0n) is 29.0. The van der Waals surface area contributed by atoms with Crippen molar-refractivity contribution in [3.8, 4) is 56.4 Å². The standard InChI is InChI=1S/C46H31N5O2/c1-50-38-25-23-32(27-39(38)51(2)46(50)52)28-18-20-31(21-19-28)44-47-43(30-11-4-3-5-12-30)48-45(49-44)34-14-8-13-33(26-34)35-16-9-17-40-41(35)37-24-22-29-10-6-7-15-36(29)42(37)53-40/h3-27H,1-2H3. The van der Waals surface area contributed by atoms with Crippen LogP contribution in [0.4, 0.5) is 0 Å². The van der Waals surface area contributed by atoms with E-state index in [1.54, 1.807) is 23.2 Å². The number of furan rings is 1. The summed E-state index contributed by atoms with van der Waals surface area (Å²) in [5, 5.41) is 4.42. The second-order valence-corrected chi connectivity index (χ2v) is 13.4. The Morgan fingerprint density at radius 1 is 0.472 bits per heavy atom. The molecule has 3 heterocycles. The smallest absolute Gasteiger partial charge is 0.328 e. The second kappa shape index (κ2) is 12.0. The molecule has 0 aliphatic carbocycles. The van der Waals surface area contributed by atoms with Crippen molar-refractivity contribution in [3.05, 3.63) is 162 Å². The zero-order valence-corrected chi connectivity index (χ0v) is 29.0. The molecule has 3 aromatic heterocycles. The molecule has 0 aliphatic rings. The molecule has 0 spiro atoms. The van der Waals surface area contributed by atoms with E-state index in [9.17, 15) is 4.79 Å². The average molecular weight is 686 g/mol. The summed E-state index contributed by atoms with van der Waals surface area (Å²) >= 11 is 0. The van der Waals surface area contributed by atoms with E-state index in [-0.39, 0.29) is 5.69 Å². The number of imidazole rings is 1. The molecule has 0 fully saturated rings. The van der Waals surface area contributed by atoms with Gasteiger partial charge in [-0.25, -0.2) is 19.7 Å². The summed E-state index contributed by atoms with van der Waals surface area (Å²) in [5.74, 6) is 1.78. The molecule has 0 atom stereocenters. The van der Waals surface area contributed by atoms with Crippen LogP contribution >= 0.6 is 0 Å². The Kier molecular flexibility index (Phi) is 6.94. The molecule has 0 amide bonds. The highest BCUT2D eigenvalue weighted by atomic mass is 16.3. The van der Waals surface area contributed by atoms with E-state index in [4.69, 9.17) is 19.4 Å². The molecule has 0 bridgehead atoms. The number of hydrogen-bond donors (Lipinski definition) is 0. The molecule has 0 N–H and O–H groups in total. The first-order chi connectivity index (χ1) is 26.0. The summed E-state index contributed by atoms with van der Waals surface area (Å²) in [6, 6.07) is 51.6. The number of fused-ring (bicyclic) bond motifs is 6. The highest BCUT2D eigenvalue weighted by molar-refractivity contribution is 6.19. The van der Waals surface area contributed by atoms with Crippen LogP contribution in [0.25, 0.3) is 100 Å². The molecular weight excluding hydrogens is 655 g/mol. The number of hydrogen-bond acceptors (Lipinski definition) is 5. The molecule has 0 unspecified atom stereocenters. The third kappa shape index (κ3) is 5.05. The first-order valence-corrected chi connectivity index (χ1v) is 17.5. The summed E-state index contributed by atoms with van der Waals surface area (Å²) in [6.45, 7) is 0. The Bertz CT molecular complexity index is 3100. The Morgan fingerprint density at radius 2 is 1.09 bits per heavy atom. The van der Waals surface area contributed by atoms with Crippen molar-refractivity contribution in [2.45, 2.75) is 0 Å². The molecule has 10 rings (SSSR count). The Morgan fingerprint density at radius 3 is 1.91 bits per heavy atom. The molecule has 53 heavy (non-hydrogen) atoms. The monoisotopic (exact) mass is 685 g/mol. The number of rotatable bonds is 5. The Hall–Kier alpha value is -7.12. The number of aromatic nitrogens is 5. The molecule has 0 saturated heterocycles. The maximum atomic E-state index is 12.5. The fourth-order valence-corrected chi connectivity index (χ4v) is 7.47. The van der Waals surface area contributed by atoms with E-state index in [1.165, 1.54) is 0 Å². The molecule has 0 aliphatic heterocycles. The molecule has 10 aromatic rings. The summed E-state index contributed by atoms with van der Waals surface area (Å²) < 4.78 is 9.84. The van der Waals surface area contributed by atoms with E-state index in [0.29, 0.717) is 17.5 Å². The fourth-order valence-electron chi connectivity index (χ4n) is 7.47. The van der Waals surface area contributed by atoms with Crippen LogP contribution in [0.2, 0.25) is 0 Å². The van der Waals surface area contributed by atoms with Crippen LogP contribution in [-0.4, -0.2) is 24.1 Å². The highest BCUT2D eigenvalue weighted by Crippen LogP contribution is 2.40. The van der Waals surface area contributed by atoms with Gasteiger partial charge in [0.15, 0.2) is 17.5 Å². The van der Waals surface area contributed by atoms with Crippen LogP contribution < -0.4 is 5.69 Å². The third-order valence-electron chi connectivity index (χ3n) is 10.2. The van der Waals surface area contributed by atoms with Crippen molar-refractivity contribution in [1.82, 2.24) is 24.1 Å². The Balaban J connectivity index is 1.08. The first-order valence-electron chi connectivity index (χ1n) is 17.5. The summed E-state index contributed by atoms with van der Waals surface area (Å²) in [5.41, 5.74) is 10.4. The van der Waals surface area contributed by atoms with Gasteiger partial charge in [0.25, 0.3) is 0 Å². The highest BCUT2D eigenvalue weighted by Gasteiger charge is 2.17. The summed E-state index contributed by atoms with van der Waals surface area (Å²) in [4.78, 5) is 27.6. The molecule has 0 radical (unpaired) electrons. The Labute approximate surface area is 304 Å². The van der Waals surface area contributed by atoms with Gasteiger partial charge in [-0.3, -0.25) is 9.13 Å². The van der Waals surface area contributed by atoms with Crippen molar-refractivity contribution in [2.24, 2.45) is 14.1 Å². The van der Waals surface area contributed by atoms with Gasteiger partial charge < -0.3 is 4.42 Å². The van der Waals surface area contributed by atoms with Crippen molar-refractivity contribution >= 4 is 43.7 Å². The average Bonchev–Trinajstić information content (AvgIpc) is 3.72. The number of aryl methyl sites for hydroxylation is 2. The minimum atomic E-state index is -0.0429. The molecular formula is C46H31N5O2. The molecule has 252 valence electrons. The lowest BCUT2D eigenvalue weighted by Gasteiger charge is -2.11. The first kappa shape index (κ1) is 30.7. The van der Waals surface area contributed by atoms with Gasteiger partial charge in [0.1, 0.15) is 11.2 Å². The van der Waals surface area contributed by atoms with Crippen LogP contribution in [0, 0.1) is 0 Å². The van der Waals surface area contributed by atoms with E-state index in [1.807, 2.05) is 66.7 Å². The van der Waals surface area contributed by atoms with Gasteiger partial charge in [0.05, 0.1) is 11.0 Å². The minimum Gasteiger partial charge on any atom is -0.455 e. The topological polar surface area (TPSA) is 78.7 Å². The SMILES string of the molecule is Cn1c(=O)n(C)c2cc(-c3ccc(-c4nc(-c5ccccc5)nc(-c5cccc(-c6cccc7oc8c9ccccc9ccc8c67)c5)n4)cc3)ccc21. The maximum Gasteiger partial charge on any atom is 0.328 e. The summed E-state index contributed by atoms with van der Waals surface area (Å²) in [6.07, 6.45) is 0. The van der Waals surface area contributed by atoms with Crippen molar-refractivity contribution in [2.75, 3.05) is 0 Å². The normalized spacial score (nSPS) is 11.7.